The Balaban J connectivity index is 1.64. The summed E-state index contributed by atoms with van der Waals surface area (Å²) < 4.78 is 5.13. The van der Waals surface area contributed by atoms with Gasteiger partial charge >= 0.3 is 0 Å². The number of rotatable bonds is 9. The Morgan fingerprint density at radius 2 is 1.56 bits per heavy atom. The Morgan fingerprint density at radius 3 is 2.22 bits per heavy atom. The number of para-hydroxylation sites is 1. The van der Waals surface area contributed by atoms with Crippen LogP contribution in [-0.2, 0) is 9.59 Å². The smallest absolute Gasteiger partial charge is 0.241 e. The molecule has 0 saturated carbocycles. The van der Waals surface area contributed by atoms with Crippen molar-refractivity contribution in [1.29, 1.82) is 0 Å². The lowest BCUT2D eigenvalue weighted by atomic mass is 10.0. The highest BCUT2D eigenvalue weighted by atomic mass is 16.5. The summed E-state index contributed by atoms with van der Waals surface area (Å²) in [5, 5.41) is 5.90. The Morgan fingerprint density at radius 1 is 0.906 bits per heavy atom. The summed E-state index contributed by atoms with van der Waals surface area (Å²) >= 11 is 0. The van der Waals surface area contributed by atoms with Crippen molar-refractivity contribution in [2.75, 3.05) is 30.8 Å². The number of benzene rings is 3. The first-order chi connectivity index (χ1) is 15.5. The van der Waals surface area contributed by atoms with E-state index in [1.807, 2.05) is 73.3 Å². The molecule has 6 heteroatoms. The predicted molar refractivity (Wildman–Crippen MR) is 129 cm³/mol. The number of carbonyl (C=O) groups is 2. The fourth-order valence-corrected chi connectivity index (χ4v) is 3.45. The van der Waals surface area contributed by atoms with Gasteiger partial charge in [0.25, 0.3) is 0 Å². The van der Waals surface area contributed by atoms with E-state index in [2.05, 4.69) is 10.6 Å². The van der Waals surface area contributed by atoms with Gasteiger partial charge < -0.3 is 15.4 Å². The summed E-state index contributed by atoms with van der Waals surface area (Å²) in [7, 11) is 1.59. The van der Waals surface area contributed by atoms with Crippen LogP contribution in [0.15, 0.2) is 78.9 Å². The fraction of sp³-hybridized carbons (Fsp3) is 0.231. The lowest BCUT2D eigenvalue weighted by Crippen LogP contribution is -2.45. The van der Waals surface area contributed by atoms with Crippen molar-refractivity contribution in [2.45, 2.75) is 19.9 Å². The molecule has 2 amide bonds. The number of ether oxygens (including phenoxy) is 1. The summed E-state index contributed by atoms with van der Waals surface area (Å²) in [6.07, 6.45) is 0. The molecule has 0 saturated heterocycles. The molecule has 0 aliphatic heterocycles. The van der Waals surface area contributed by atoms with Crippen LogP contribution in [0, 0.1) is 0 Å². The number of nitrogens with one attached hydrogen (secondary N) is 2. The molecular formula is C26H29N3O3. The van der Waals surface area contributed by atoms with Gasteiger partial charge in [-0.05, 0) is 49.4 Å². The number of methoxy groups -OCH3 is 1. The van der Waals surface area contributed by atoms with E-state index in [1.165, 1.54) is 0 Å². The Kier molecular flexibility index (Phi) is 8.00. The molecule has 0 spiro atoms. The van der Waals surface area contributed by atoms with Gasteiger partial charge in [-0.2, -0.15) is 0 Å². The van der Waals surface area contributed by atoms with Crippen LogP contribution in [-0.4, -0.2) is 43.0 Å². The second-order valence-corrected chi connectivity index (χ2v) is 7.42. The number of nitrogens with zero attached hydrogens (tertiary/aromatic N) is 1. The molecule has 0 aromatic heterocycles. The second kappa shape index (κ2) is 11.1. The third kappa shape index (κ3) is 5.95. The first kappa shape index (κ1) is 23.0. The minimum absolute atomic E-state index is 0.109. The van der Waals surface area contributed by atoms with E-state index in [1.54, 1.807) is 31.4 Å². The largest absolute Gasteiger partial charge is 0.497 e. The van der Waals surface area contributed by atoms with Crippen LogP contribution >= 0.6 is 0 Å². The number of likely N-dealkylation sites (N-methyl/N-ethyl adjacent to an activating group) is 1. The third-order valence-corrected chi connectivity index (χ3v) is 5.32. The molecule has 6 nitrogen and oxygen atoms in total. The third-order valence-electron chi connectivity index (χ3n) is 5.32. The minimum atomic E-state index is -0.481. The van der Waals surface area contributed by atoms with Crippen LogP contribution in [0.2, 0.25) is 0 Å². The zero-order valence-corrected chi connectivity index (χ0v) is 18.7. The molecule has 32 heavy (non-hydrogen) atoms. The van der Waals surface area contributed by atoms with Crippen molar-refractivity contribution in [3.63, 3.8) is 0 Å². The molecule has 0 aliphatic carbocycles. The zero-order valence-electron chi connectivity index (χ0n) is 18.7. The van der Waals surface area contributed by atoms with Gasteiger partial charge in [0.2, 0.25) is 11.8 Å². The maximum Gasteiger partial charge on any atom is 0.241 e. The standard InChI is InChI=1S/C26H29N3O3/c1-4-29(18-25(30)27-21-14-16-22(32-3)17-15-21)19(2)26(31)28-24-13-9-8-12-23(24)20-10-6-5-7-11-20/h5-17,19H,4,18H2,1-3H3,(H,27,30)(H,28,31). The molecule has 0 aliphatic rings. The number of amides is 2. The van der Waals surface area contributed by atoms with Gasteiger partial charge in [0.05, 0.1) is 19.7 Å². The Bertz CT molecular complexity index is 1040. The van der Waals surface area contributed by atoms with Gasteiger partial charge in [-0.3, -0.25) is 14.5 Å². The minimum Gasteiger partial charge on any atom is -0.497 e. The van der Waals surface area contributed by atoms with Crippen LogP contribution in [0.4, 0.5) is 11.4 Å². The molecule has 0 bridgehead atoms. The number of anilines is 2. The number of hydrogen-bond acceptors (Lipinski definition) is 4. The van der Waals surface area contributed by atoms with Crippen molar-refractivity contribution >= 4 is 23.2 Å². The van der Waals surface area contributed by atoms with Crippen molar-refractivity contribution in [3.8, 4) is 16.9 Å². The highest BCUT2D eigenvalue weighted by Gasteiger charge is 2.23. The SMILES string of the molecule is CCN(CC(=O)Nc1ccc(OC)cc1)C(C)C(=O)Nc1ccccc1-c1ccccc1. The lowest BCUT2D eigenvalue weighted by molar-refractivity contribution is -0.123. The van der Waals surface area contributed by atoms with Gasteiger partial charge in [0.15, 0.2) is 0 Å². The molecule has 0 fully saturated rings. The van der Waals surface area contributed by atoms with Crippen LogP contribution in [0.3, 0.4) is 0 Å². The molecule has 166 valence electrons. The van der Waals surface area contributed by atoms with E-state index < -0.39 is 6.04 Å². The topological polar surface area (TPSA) is 70.7 Å². The van der Waals surface area contributed by atoms with Crippen molar-refractivity contribution < 1.29 is 14.3 Å². The van der Waals surface area contributed by atoms with Crippen molar-refractivity contribution in [1.82, 2.24) is 4.90 Å². The monoisotopic (exact) mass is 431 g/mol. The summed E-state index contributed by atoms with van der Waals surface area (Å²) in [5.41, 5.74) is 3.41. The van der Waals surface area contributed by atoms with E-state index in [4.69, 9.17) is 4.74 Å². The van der Waals surface area contributed by atoms with Gasteiger partial charge in [-0.1, -0.05) is 55.5 Å². The Labute approximate surface area is 189 Å². The molecule has 2 N–H and O–H groups in total. The first-order valence-corrected chi connectivity index (χ1v) is 10.6. The molecule has 1 unspecified atom stereocenters. The quantitative estimate of drug-likeness (QED) is 0.517. The molecule has 3 rings (SSSR count). The van der Waals surface area contributed by atoms with E-state index in [0.29, 0.717) is 12.2 Å². The molecule has 0 heterocycles. The van der Waals surface area contributed by atoms with Gasteiger partial charge in [-0.15, -0.1) is 0 Å². The predicted octanol–water partition coefficient (Wildman–Crippen LogP) is 4.65. The normalized spacial score (nSPS) is 11.6. The van der Waals surface area contributed by atoms with Gasteiger partial charge in [0.1, 0.15) is 5.75 Å². The van der Waals surface area contributed by atoms with Gasteiger partial charge in [-0.25, -0.2) is 0 Å². The van der Waals surface area contributed by atoms with E-state index >= 15 is 0 Å². The highest BCUT2D eigenvalue weighted by molar-refractivity contribution is 5.99. The summed E-state index contributed by atoms with van der Waals surface area (Å²) in [6.45, 7) is 4.41. The van der Waals surface area contributed by atoms with Crippen molar-refractivity contribution in [3.05, 3.63) is 78.9 Å². The van der Waals surface area contributed by atoms with E-state index in [9.17, 15) is 9.59 Å². The molecule has 3 aromatic carbocycles. The highest BCUT2D eigenvalue weighted by Crippen LogP contribution is 2.27. The average Bonchev–Trinajstić information content (AvgIpc) is 2.83. The number of hydrogen-bond donors (Lipinski definition) is 2. The molecular weight excluding hydrogens is 402 g/mol. The van der Waals surface area contributed by atoms with E-state index in [-0.39, 0.29) is 18.4 Å². The summed E-state index contributed by atoms with van der Waals surface area (Å²) in [4.78, 5) is 27.4. The maximum absolute atomic E-state index is 13.0. The summed E-state index contributed by atoms with van der Waals surface area (Å²) in [5.74, 6) is 0.382. The molecule has 0 radical (unpaired) electrons. The molecule has 3 aromatic rings. The van der Waals surface area contributed by atoms with Crippen LogP contribution in [0.25, 0.3) is 11.1 Å². The van der Waals surface area contributed by atoms with Crippen LogP contribution < -0.4 is 15.4 Å². The van der Waals surface area contributed by atoms with Crippen molar-refractivity contribution in [2.24, 2.45) is 0 Å². The average molecular weight is 432 g/mol. The Hall–Kier alpha value is -3.64. The zero-order chi connectivity index (χ0) is 22.9. The number of carbonyl (C=O) groups excluding carboxylic acids is 2. The van der Waals surface area contributed by atoms with Crippen LogP contribution in [0.5, 0.6) is 5.75 Å². The maximum atomic E-state index is 13.0. The van der Waals surface area contributed by atoms with Crippen LogP contribution in [0.1, 0.15) is 13.8 Å². The first-order valence-electron chi connectivity index (χ1n) is 10.6. The summed E-state index contributed by atoms with van der Waals surface area (Å²) in [6, 6.07) is 24.3. The second-order valence-electron chi connectivity index (χ2n) is 7.42. The van der Waals surface area contributed by atoms with Gasteiger partial charge in [0, 0.05) is 16.9 Å². The fourth-order valence-electron chi connectivity index (χ4n) is 3.45. The lowest BCUT2D eigenvalue weighted by Gasteiger charge is -2.26. The van der Waals surface area contributed by atoms with E-state index in [0.717, 1.165) is 22.6 Å². The molecule has 1 atom stereocenters.